The van der Waals surface area contributed by atoms with Crippen molar-refractivity contribution in [3.8, 4) is 0 Å². The van der Waals surface area contributed by atoms with Crippen molar-refractivity contribution < 1.29 is 9.90 Å². The minimum absolute atomic E-state index is 0.455. The first-order valence-corrected chi connectivity index (χ1v) is 5.71. The smallest absolute Gasteiger partial charge is 0.321 e. The molecule has 2 N–H and O–H groups in total. The van der Waals surface area contributed by atoms with Gasteiger partial charge in [-0.3, -0.25) is 10.1 Å². The van der Waals surface area contributed by atoms with Crippen LogP contribution in [0.1, 0.15) is 11.1 Å². The van der Waals surface area contributed by atoms with Crippen molar-refractivity contribution in [1.29, 1.82) is 0 Å². The third kappa shape index (κ3) is 1.68. The SMILES string of the molecule is O=C(O)[C@H]1Cc2ccc3ccccc3c2CN1. The number of hydrogen-bond donors (Lipinski definition) is 2. The summed E-state index contributed by atoms with van der Waals surface area (Å²) in [5, 5.41) is 14.5. The minimum atomic E-state index is -0.774. The number of fused-ring (bicyclic) bond motifs is 3. The van der Waals surface area contributed by atoms with E-state index in [4.69, 9.17) is 5.11 Å². The summed E-state index contributed by atoms with van der Waals surface area (Å²) < 4.78 is 0. The quantitative estimate of drug-likeness (QED) is 0.782. The number of rotatable bonds is 1. The molecule has 86 valence electrons. The highest BCUT2D eigenvalue weighted by Gasteiger charge is 2.24. The van der Waals surface area contributed by atoms with Crippen molar-refractivity contribution >= 4 is 16.7 Å². The molecule has 3 nitrogen and oxygen atoms in total. The molecule has 0 aliphatic carbocycles. The van der Waals surface area contributed by atoms with Crippen LogP contribution in [0.15, 0.2) is 36.4 Å². The Morgan fingerprint density at radius 3 is 2.88 bits per heavy atom. The predicted molar refractivity (Wildman–Crippen MR) is 65.9 cm³/mol. The average molecular weight is 227 g/mol. The van der Waals surface area contributed by atoms with Gasteiger partial charge in [0.25, 0.3) is 0 Å². The van der Waals surface area contributed by atoms with Gasteiger partial charge < -0.3 is 5.11 Å². The van der Waals surface area contributed by atoms with Crippen molar-refractivity contribution in [2.75, 3.05) is 0 Å². The van der Waals surface area contributed by atoms with Gasteiger partial charge in [-0.1, -0.05) is 36.4 Å². The predicted octanol–water partition coefficient (Wildman–Crippen LogP) is 1.94. The highest BCUT2D eigenvalue weighted by Crippen LogP contribution is 2.26. The third-order valence-corrected chi connectivity index (χ3v) is 3.38. The summed E-state index contributed by atoms with van der Waals surface area (Å²) >= 11 is 0. The maximum absolute atomic E-state index is 11.0. The molecule has 3 rings (SSSR count). The minimum Gasteiger partial charge on any atom is -0.480 e. The first-order chi connectivity index (χ1) is 8.25. The number of hydrogen-bond acceptors (Lipinski definition) is 2. The van der Waals surface area contributed by atoms with Gasteiger partial charge >= 0.3 is 5.97 Å². The van der Waals surface area contributed by atoms with E-state index < -0.39 is 12.0 Å². The van der Waals surface area contributed by atoms with E-state index in [2.05, 4.69) is 29.6 Å². The van der Waals surface area contributed by atoms with E-state index >= 15 is 0 Å². The van der Waals surface area contributed by atoms with Crippen LogP contribution in [0.25, 0.3) is 10.8 Å². The van der Waals surface area contributed by atoms with Crippen LogP contribution >= 0.6 is 0 Å². The molecule has 17 heavy (non-hydrogen) atoms. The Kier molecular flexibility index (Phi) is 2.34. The van der Waals surface area contributed by atoms with Gasteiger partial charge in [0.05, 0.1) is 0 Å². The molecule has 0 spiro atoms. The molecule has 0 saturated carbocycles. The van der Waals surface area contributed by atoms with Crippen LogP contribution in [0.2, 0.25) is 0 Å². The van der Waals surface area contributed by atoms with Crippen LogP contribution < -0.4 is 5.32 Å². The van der Waals surface area contributed by atoms with E-state index in [-0.39, 0.29) is 0 Å². The monoisotopic (exact) mass is 227 g/mol. The molecule has 0 bridgehead atoms. The topological polar surface area (TPSA) is 49.3 Å². The largest absolute Gasteiger partial charge is 0.480 e. The summed E-state index contributed by atoms with van der Waals surface area (Å²) in [4.78, 5) is 11.0. The second-order valence-corrected chi connectivity index (χ2v) is 4.40. The van der Waals surface area contributed by atoms with Gasteiger partial charge in [0.15, 0.2) is 0 Å². The van der Waals surface area contributed by atoms with Gasteiger partial charge in [0.2, 0.25) is 0 Å². The lowest BCUT2D eigenvalue weighted by Gasteiger charge is -2.24. The van der Waals surface area contributed by atoms with Gasteiger partial charge in [0.1, 0.15) is 6.04 Å². The average Bonchev–Trinajstić information content (AvgIpc) is 2.38. The van der Waals surface area contributed by atoms with Crippen molar-refractivity contribution in [3.05, 3.63) is 47.5 Å². The fourth-order valence-corrected chi connectivity index (χ4v) is 2.47. The molecular formula is C14H13NO2. The molecule has 0 radical (unpaired) electrons. The lowest BCUT2D eigenvalue weighted by atomic mass is 9.91. The van der Waals surface area contributed by atoms with E-state index in [9.17, 15) is 4.79 Å². The van der Waals surface area contributed by atoms with Crippen molar-refractivity contribution in [3.63, 3.8) is 0 Å². The number of nitrogens with one attached hydrogen (secondary N) is 1. The third-order valence-electron chi connectivity index (χ3n) is 3.38. The highest BCUT2D eigenvalue weighted by atomic mass is 16.4. The fourth-order valence-electron chi connectivity index (χ4n) is 2.47. The van der Waals surface area contributed by atoms with Crippen LogP contribution in [-0.4, -0.2) is 17.1 Å². The molecule has 0 fully saturated rings. The molecule has 1 atom stereocenters. The van der Waals surface area contributed by atoms with Gasteiger partial charge in [-0.25, -0.2) is 0 Å². The fraction of sp³-hybridized carbons (Fsp3) is 0.214. The van der Waals surface area contributed by atoms with Crippen LogP contribution in [0.5, 0.6) is 0 Å². The van der Waals surface area contributed by atoms with Crippen LogP contribution in [0.4, 0.5) is 0 Å². The standard InChI is InChI=1S/C14H13NO2/c16-14(17)13-7-10-6-5-9-3-1-2-4-11(9)12(10)8-15-13/h1-6,13,15H,7-8H2,(H,16,17)/t13-/m1/s1. The first-order valence-electron chi connectivity index (χ1n) is 5.71. The maximum atomic E-state index is 11.0. The number of carboxylic acid groups (broad SMARTS) is 1. The summed E-state index contributed by atoms with van der Waals surface area (Å²) in [6.45, 7) is 0.633. The summed E-state index contributed by atoms with van der Waals surface area (Å²) in [6, 6.07) is 11.9. The molecule has 0 aromatic heterocycles. The molecule has 1 aliphatic heterocycles. The zero-order valence-corrected chi connectivity index (χ0v) is 9.31. The summed E-state index contributed by atoms with van der Waals surface area (Å²) in [5.41, 5.74) is 2.38. The number of aliphatic carboxylic acids is 1. The van der Waals surface area contributed by atoms with E-state index in [0.717, 1.165) is 5.56 Å². The maximum Gasteiger partial charge on any atom is 0.321 e. The van der Waals surface area contributed by atoms with Crippen molar-refractivity contribution in [2.45, 2.75) is 19.0 Å². The summed E-state index contributed by atoms with van der Waals surface area (Å²) in [6.07, 6.45) is 0.565. The van der Waals surface area contributed by atoms with Gasteiger partial charge in [-0.15, -0.1) is 0 Å². The zero-order valence-electron chi connectivity index (χ0n) is 9.31. The summed E-state index contributed by atoms with van der Waals surface area (Å²) in [7, 11) is 0. The molecule has 2 aromatic carbocycles. The van der Waals surface area contributed by atoms with E-state index in [1.165, 1.54) is 16.3 Å². The Morgan fingerprint density at radius 1 is 1.24 bits per heavy atom. The van der Waals surface area contributed by atoms with E-state index in [1.807, 2.05) is 12.1 Å². The lowest BCUT2D eigenvalue weighted by Crippen LogP contribution is -2.41. The van der Waals surface area contributed by atoms with Crippen molar-refractivity contribution in [1.82, 2.24) is 5.32 Å². The van der Waals surface area contributed by atoms with Gasteiger partial charge in [-0.2, -0.15) is 0 Å². The molecular weight excluding hydrogens is 214 g/mol. The first kappa shape index (κ1) is 10.3. The summed E-state index contributed by atoms with van der Waals surface area (Å²) in [5.74, 6) is -0.774. The number of carboxylic acids is 1. The molecule has 1 heterocycles. The Balaban J connectivity index is 2.11. The second-order valence-electron chi connectivity index (χ2n) is 4.40. The normalized spacial score (nSPS) is 18.9. The molecule has 2 aromatic rings. The van der Waals surface area contributed by atoms with E-state index in [0.29, 0.717) is 13.0 Å². The molecule has 0 saturated heterocycles. The van der Waals surface area contributed by atoms with Crippen LogP contribution in [0.3, 0.4) is 0 Å². The van der Waals surface area contributed by atoms with Gasteiger partial charge in [-0.05, 0) is 28.3 Å². The Hall–Kier alpha value is -1.87. The van der Waals surface area contributed by atoms with E-state index in [1.54, 1.807) is 0 Å². The number of carbonyl (C=O) groups is 1. The Morgan fingerprint density at radius 2 is 2.06 bits per heavy atom. The molecule has 1 aliphatic rings. The molecule has 3 heteroatoms. The second kappa shape index (κ2) is 3.86. The van der Waals surface area contributed by atoms with Crippen LogP contribution in [0, 0.1) is 0 Å². The Labute approximate surface area is 99.1 Å². The van der Waals surface area contributed by atoms with Crippen LogP contribution in [-0.2, 0) is 17.8 Å². The number of benzene rings is 2. The lowest BCUT2D eigenvalue weighted by molar-refractivity contribution is -0.139. The zero-order chi connectivity index (χ0) is 11.8. The van der Waals surface area contributed by atoms with Crippen molar-refractivity contribution in [2.24, 2.45) is 0 Å². The molecule has 0 unspecified atom stereocenters. The molecule has 0 amide bonds. The highest BCUT2D eigenvalue weighted by molar-refractivity contribution is 5.87. The van der Waals surface area contributed by atoms with Gasteiger partial charge in [0, 0.05) is 6.54 Å². The Bertz CT molecular complexity index is 592.